The number of nitro benzene ring substituents is 1. The molecule has 2 N–H and O–H groups in total. The van der Waals surface area contributed by atoms with Crippen LogP contribution in [0.1, 0.15) is 18.9 Å². The van der Waals surface area contributed by atoms with Crippen LogP contribution in [0.3, 0.4) is 0 Å². The minimum absolute atomic E-state index is 0.00590. The topological polar surface area (TPSA) is 133 Å². The summed E-state index contributed by atoms with van der Waals surface area (Å²) in [6, 6.07) is 6.24. The van der Waals surface area contributed by atoms with Crippen molar-refractivity contribution in [3.8, 4) is 6.07 Å². The van der Waals surface area contributed by atoms with Crippen molar-refractivity contribution in [2.45, 2.75) is 25.8 Å². The van der Waals surface area contributed by atoms with Crippen molar-refractivity contribution in [2.75, 3.05) is 0 Å². The fourth-order valence-corrected chi connectivity index (χ4v) is 1.90. The van der Waals surface area contributed by atoms with E-state index < -0.39 is 28.8 Å². The molecule has 0 fully saturated rings. The molecule has 116 valence electrons. The zero-order valence-corrected chi connectivity index (χ0v) is 11.9. The number of carbonyl (C=O) groups is 2. The SMILES string of the molecule is C[C@@H](CC#N)[C@H](NC(=O)Cc1cccc([N+](=O)[O-])c1)C(=O)O. The van der Waals surface area contributed by atoms with E-state index in [1.165, 1.54) is 18.2 Å². The van der Waals surface area contributed by atoms with E-state index >= 15 is 0 Å². The zero-order chi connectivity index (χ0) is 16.7. The van der Waals surface area contributed by atoms with Gasteiger partial charge in [0.15, 0.2) is 0 Å². The summed E-state index contributed by atoms with van der Waals surface area (Å²) in [7, 11) is 0. The summed E-state index contributed by atoms with van der Waals surface area (Å²) >= 11 is 0. The second-order valence-corrected chi connectivity index (χ2v) is 4.83. The lowest BCUT2D eigenvalue weighted by molar-refractivity contribution is -0.384. The Morgan fingerprint density at radius 2 is 2.18 bits per heavy atom. The number of non-ortho nitro benzene ring substituents is 1. The van der Waals surface area contributed by atoms with Gasteiger partial charge in [-0.2, -0.15) is 5.26 Å². The molecule has 1 rings (SSSR count). The standard InChI is InChI=1S/C14H15N3O5/c1-9(5-6-15)13(14(19)20)16-12(18)8-10-3-2-4-11(7-10)17(21)22/h2-4,7,9,13H,5,8H2,1H3,(H,16,18)(H,19,20)/t9-,13-/m0/s1. The number of nitriles is 1. The molecule has 8 heteroatoms. The molecular formula is C14H15N3O5. The molecule has 1 aromatic carbocycles. The van der Waals surface area contributed by atoms with E-state index in [0.29, 0.717) is 5.56 Å². The van der Waals surface area contributed by atoms with E-state index in [0.717, 1.165) is 0 Å². The Morgan fingerprint density at radius 3 is 2.73 bits per heavy atom. The van der Waals surface area contributed by atoms with E-state index in [1.54, 1.807) is 13.0 Å². The van der Waals surface area contributed by atoms with E-state index in [2.05, 4.69) is 5.32 Å². The highest BCUT2D eigenvalue weighted by Gasteiger charge is 2.26. The van der Waals surface area contributed by atoms with Crippen LogP contribution in [0.4, 0.5) is 5.69 Å². The second-order valence-electron chi connectivity index (χ2n) is 4.83. The quantitative estimate of drug-likeness (QED) is 0.575. The number of amides is 1. The van der Waals surface area contributed by atoms with E-state index in [1.807, 2.05) is 6.07 Å². The molecule has 0 aliphatic carbocycles. The van der Waals surface area contributed by atoms with Gasteiger partial charge < -0.3 is 10.4 Å². The largest absolute Gasteiger partial charge is 0.480 e. The molecule has 0 saturated heterocycles. The molecular weight excluding hydrogens is 290 g/mol. The van der Waals surface area contributed by atoms with Crippen LogP contribution < -0.4 is 5.32 Å². The lowest BCUT2D eigenvalue weighted by Gasteiger charge is -2.19. The maximum absolute atomic E-state index is 11.9. The molecule has 0 bridgehead atoms. The van der Waals surface area contributed by atoms with Gasteiger partial charge in [0.1, 0.15) is 6.04 Å². The van der Waals surface area contributed by atoms with Gasteiger partial charge in [-0.3, -0.25) is 14.9 Å². The molecule has 8 nitrogen and oxygen atoms in total. The summed E-state index contributed by atoms with van der Waals surface area (Å²) in [5.41, 5.74) is 0.265. The molecule has 0 saturated carbocycles. The fraction of sp³-hybridized carbons (Fsp3) is 0.357. The number of rotatable bonds is 7. The molecule has 0 radical (unpaired) electrons. The average molecular weight is 305 g/mol. The smallest absolute Gasteiger partial charge is 0.326 e. The number of benzene rings is 1. The minimum atomic E-state index is -1.23. The third kappa shape index (κ3) is 4.86. The number of carboxylic acid groups (broad SMARTS) is 1. The molecule has 2 atom stereocenters. The lowest BCUT2D eigenvalue weighted by atomic mass is 9.98. The monoisotopic (exact) mass is 305 g/mol. The summed E-state index contributed by atoms with van der Waals surface area (Å²) in [4.78, 5) is 33.1. The molecule has 0 spiro atoms. The fourth-order valence-electron chi connectivity index (χ4n) is 1.90. The van der Waals surface area contributed by atoms with Crippen molar-refractivity contribution in [1.82, 2.24) is 5.32 Å². The highest BCUT2D eigenvalue weighted by atomic mass is 16.6. The Kier molecular flexibility index (Phi) is 6.01. The van der Waals surface area contributed by atoms with Gasteiger partial charge in [0, 0.05) is 24.5 Å². The van der Waals surface area contributed by atoms with Crippen LogP contribution >= 0.6 is 0 Å². The number of carboxylic acids is 1. The van der Waals surface area contributed by atoms with Crippen LogP contribution in [0.5, 0.6) is 0 Å². The number of aliphatic carboxylic acids is 1. The van der Waals surface area contributed by atoms with Crippen molar-refractivity contribution in [2.24, 2.45) is 5.92 Å². The molecule has 1 amide bonds. The van der Waals surface area contributed by atoms with Crippen LogP contribution in [0.15, 0.2) is 24.3 Å². The first-order chi connectivity index (χ1) is 10.3. The number of hydrogen-bond donors (Lipinski definition) is 2. The summed E-state index contributed by atoms with van der Waals surface area (Å²) in [6.07, 6.45) is -0.182. The molecule has 22 heavy (non-hydrogen) atoms. The van der Waals surface area contributed by atoms with Crippen LogP contribution in [-0.4, -0.2) is 27.9 Å². The first kappa shape index (κ1) is 17.1. The number of nitrogens with one attached hydrogen (secondary N) is 1. The van der Waals surface area contributed by atoms with Gasteiger partial charge in [-0.25, -0.2) is 4.79 Å². The predicted octanol–water partition coefficient (Wildman–Crippen LogP) is 1.26. The van der Waals surface area contributed by atoms with Gasteiger partial charge >= 0.3 is 5.97 Å². The molecule has 0 aliphatic heterocycles. The highest BCUT2D eigenvalue weighted by molar-refractivity contribution is 5.85. The summed E-state index contributed by atoms with van der Waals surface area (Å²) < 4.78 is 0. The predicted molar refractivity (Wildman–Crippen MR) is 75.8 cm³/mol. The van der Waals surface area contributed by atoms with Gasteiger partial charge in [-0.05, 0) is 5.56 Å². The van der Waals surface area contributed by atoms with Crippen molar-refractivity contribution >= 4 is 17.6 Å². The normalized spacial score (nSPS) is 12.7. The molecule has 0 aliphatic rings. The number of hydrogen-bond acceptors (Lipinski definition) is 5. The first-order valence-electron chi connectivity index (χ1n) is 6.47. The van der Waals surface area contributed by atoms with Crippen LogP contribution in [0, 0.1) is 27.4 Å². The van der Waals surface area contributed by atoms with E-state index in [4.69, 9.17) is 10.4 Å². The van der Waals surface area contributed by atoms with Gasteiger partial charge in [0.25, 0.3) is 5.69 Å². The molecule has 0 heterocycles. The third-order valence-corrected chi connectivity index (χ3v) is 3.05. The molecule has 1 aromatic rings. The maximum Gasteiger partial charge on any atom is 0.326 e. The maximum atomic E-state index is 11.9. The van der Waals surface area contributed by atoms with Crippen LogP contribution in [0.2, 0.25) is 0 Å². The summed E-state index contributed by atoms with van der Waals surface area (Å²) in [5.74, 6) is -2.34. The molecule has 0 unspecified atom stereocenters. The Labute approximate surface area is 126 Å². The number of nitro groups is 1. The first-order valence-corrected chi connectivity index (χ1v) is 6.47. The second kappa shape index (κ2) is 7.73. The Balaban J connectivity index is 2.76. The van der Waals surface area contributed by atoms with Crippen LogP contribution in [-0.2, 0) is 16.0 Å². The van der Waals surface area contributed by atoms with Gasteiger partial charge in [-0.1, -0.05) is 19.1 Å². The van der Waals surface area contributed by atoms with Crippen molar-refractivity contribution in [1.29, 1.82) is 5.26 Å². The number of nitrogens with zero attached hydrogens (tertiary/aromatic N) is 2. The van der Waals surface area contributed by atoms with Crippen molar-refractivity contribution in [3.63, 3.8) is 0 Å². The number of carbonyl (C=O) groups excluding carboxylic acids is 1. The summed E-state index contributed by atoms with van der Waals surface area (Å²) in [6.45, 7) is 1.55. The van der Waals surface area contributed by atoms with Gasteiger partial charge in [0.2, 0.25) is 5.91 Å². The average Bonchev–Trinajstić information content (AvgIpc) is 2.44. The lowest BCUT2D eigenvalue weighted by Crippen LogP contribution is -2.45. The minimum Gasteiger partial charge on any atom is -0.480 e. The van der Waals surface area contributed by atoms with Crippen molar-refractivity contribution in [3.05, 3.63) is 39.9 Å². The van der Waals surface area contributed by atoms with E-state index in [9.17, 15) is 19.7 Å². The zero-order valence-electron chi connectivity index (χ0n) is 11.9. The Hall–Kier alpha value is -2.95. The van der Waals surface area contributed by atoms with Crippen molar-refractivity contribution < 1.29 is 19.6 Å². The van der Waals surface area contributed by atoms with Gasteiger partial charge in [-0.15, -0.1) is 0 Å². The van der Waals surface area contributed by atoms with E-state index in [-0.39, 0.29) is 18.5 Å². The third-order valence-electron chi connectivity index (χ3n) is 3.05. The molecule has 0 aromatic heterocycles. The summed E-state index contributed by atoms with van der Waals surface area (Å²) in [5, 5.41) is 30.7. The Morgan fingerprint density at radius 1 is 1.50 bits per heavy atom. The van der Waals surface area contributed by atoms with Crippen LogP contribution in [0.25, 0.3) is 0 Å². The van der Waals surface area contributed by atoms with Gasteiger partial charge in [0.05, 0.1) is 17.4 Å². The highest BCUT2D eigenvalue weighted by Crippen LogP contribution is 2.14. The Bertz CT molecular complexity index is 623.